The van der Waals surface area contributed by atoms with E-state index in [0.29, 0.717) is 0 Å². The lowest BCUT2D eigenvalue weighted by Crippen LogP contribution is -2.38. The lowest BCUT2D eigenvalue weighted by molar-refractivity contribution is -0.123. The summed E-state index contributed by atoms with van der Waals surface area (Å²) in [7, 11) is 0. The van der Waals surface area contributed by atoms with Crippen LogP contribution in [-0.4, -0.2) is 28.9 Å². The minimum Gasteiger partial charge on any atom is -0.369 e. The highest BCUT2D eigenvalue weighted by Gasteiger charge is 2.23. The Morgan fingerprint density at radius 1 is 1.32 bits per heavy atom. The van der Waals surface area contributed by atoms with E-state index in [1.54, 1.807) is 11.3 Å². The molecule has 2 heterocycles. The van der Waals surface area contributed by atoms with Gasteiger partial charge in [0.2, 0.25) is 5.91 Å². The van der Waals surface area contributed by atoms with Gasteiger partial charge in [0.05, 0.1) is 12.2 Å². The van der Waals surface area contributed by atoms with E-state index in [1.807, 2.05) is 12.1 Å². The Kier molecular flexibility index (Phi) is 4.90. The lowest BCUT2D eigenvalue weighted by Gasteiger charge is -2.29. The van der Waals surface area contributed by atoms with Gasteiger partial charge >= 0.3 is 0 Å². The van der Waals surface area contributed by atoms with Gasteiger partial charge in [-0.1, -0.05) is 28.1 Å². The van der Waals surface area contributed by atoms with E-state index in [4.69, 9.17) is 10.7 Å². The van der Waals surface area contributed by atoms with Gasteiger partial charge in [0.15, 0.2) is 0 Å². The van der Waals surface area contributed by atoms with Gasteiger partial charge in [0.25, 0.3) is 0 Å². The van der Waals surface area contributed by atoms with Gasteiger partial charge in [0.1, 0.15) is 5.01 Å². The molecule has 1 aromatic carbocycles. The molecule has 6 heteroatoms. The highest BCUT2D eigenvalue weighted by molar-refractivity contribution is 9.10. The third-order valence-electron chi connectivity index (χ3n) is 4.04. The van der Waals surface area contributed by atoms with Crippen LogP contribution in [0.25, 0.3) is 11.3 Å². The first-order valence-electron chi connectivity index (χ1n) is 7.34. The maximum atomic E-state index is 11.2. The van der Waals surface area contributed by atoms with Crippen LogP contribution in [0.5, 0.6) is 0 Å². The van der Waals surface area contributed by atoms with Crippen LogP contribution < -0.4 is 5.73 Å². The molecule has 0 bridgehead atoms. The lowest BCUT2D eigenvalue weighted by atomic mass is 9.96. The van der Waals surface area contributed by atoms with Gasteiger partial charge in [-0.05, 0) is 38.1 Å². The molecule has 2 aromatic rings. The van der Waals surface area contributed by atoms with Crippen LogP contribution >= 0.6 is 27.3 Å². The standard InChI is InChI=1S/C16H18BrN3OS/c17-13-3-1-11(2-4-13)14-10-22-15(19-14)9-20-7-5-12(6-8-20)16(18)21/h1-4,10,12H,5-9H2,(H2,18,21). The molecule has 1 amide bonds. The van der Waals surface area contributed by atoms with Gasteiger partial charge < -0.3 is 5.73 Å². The average molecular weight is 380 g/mol. The summed E-state index contributed by atoms with van der Waals surface area (Å²) in [6.45, 7) is 2.69. The molecule has 1 aliphatic heterocycles. The smallest absolute Gasteiger partial charge is 0.220 e. The van der Waals surface area contributed by atoms with E-state index in [-0.39, 0.29) is 11.8 Å². The zero-order chi connectivity index (χ0) is 15.5. The number of piperidine rings is 1. The third-order valence-corrected chi connectivity index (χ3v) is 5.40. The van der Waals surface area contributed by atoms with Gasteiger partial charge in [-0.2, -0.15) is 0 Å². The molecule has 0 spiro atoms. The van der Waals surface area contributed by atoms with Crippen LogP contribution in [-0.2, 0) is 11.3 Å². The highest BCUT2D eigenvalue weighted by atomic mass is 79.9. The van der Waals surface area contributed by atoms with E-state index in [9.17, 15) is 4.79 Å². The number of primary amides is 1. The van der Waals surface area contributed by atoms with Gasteiger partial charge in [-0.25, -0.2) is 4.98 Å². The number of thiazole rings is 1. The maximum absolute atomic E-state index is 11.2. The number of hydrogen-bond donors (Lipinski definition) is 1. The fourth-order valence-corrected chi connectivity index (χ4v) is 3.81. The van der Waals surface area contributed by atoms with Crippen molar-refractivity contribution in [2.24, 2.45) is 11.7 Å². The number of halogens is 1. The molecule has 3 rings (SSSR count). The second kappa shape index (κ2) is 6.89. The summed E-state index contributed by atoms with van der Waals surface area (Å²) in [6.07, 6.45) is 1.72. The summed E-state index contributed by atoms with van der Waals surface area (Å²) >= 11 is 5.14. The van der Waals surface area contributed by atoms with Crippen molar-refractivity contribution in [3.8, 4) is 11.3 Å². The van der Waals surface area contributed by atoms with E-state index in [0.717, 1.165) is 53.2 Å². The molecule has 0 saturated carbocycles. The number of carbonyl (C=O) groups is 1. The normalized spacial score (nSPS) is 16.8. The fraction of sp³-hybridized carbons (Fsp3) is 0.375. The predicted molar refractivity (Wildman–Crippen MR) is 92.4 cm³/mol. The number of carbonyl (C=O) groups excluding carboxylic acids is 1. The van der Waals surface area contributed by atoms with Gasteiger partial charge in [-0.3, -0.25) is 9.69 Å². The molecule has 0 radical (unpaired) electrons. The van der Waals surface area contributed by atoms with Crippen LogP contribution in [0.1, 0.15) is 17.8 Å². The molecule has 116 valence electrons. The zero-order valence-electron chi connectivity index (χ0n) is 12.2. The highest BCUT2D eigenvalue weighted by Crippen LogP contribution is 2.25. The molecule has 1 aliphatic rings. The SMILES string of the molecule is NC(=O)C1CCN(Cc2nc(-c3ccc(Br)cc3)cs2)CC1. The summed E-state index contributed by atoms with van der Waals surface area (Å²) in [4.78, 5) is 18.3. The molecule has 0 aliphatic carbocycles. The summed E-state index contributed by atoms with van der Waals surface area (Å²) in [5.74, 6) is -0.114. The van der Waals surface area contributed by atoms with Crippen LogP contribution in [0.2, 0.25) is 0 Å². The first kappa shape index (κ1) is 15.6. The van der Waals surface area contributed by atoms with Crippen molar-refractivity contribution < 1.29 is 4.79 Å². The van der Waals surface area contributed by atoms with Crippen molar-refractivity contribution in [1.82, 2.24) is 9.88 Å². The number of rotatable bonds is 4. The Morgan fingerprint density at radius 2 is 2.00 bits per heavy atom. The Morgan fingerprint density at radius 3 is 2.64 bits per heavy atom. The molecule has 1 fully saturated rings. The van der Waals surface area contributed by atoms with Crippen molar-refractivity contribution in [2.75, 3.05) is 13.1 Å². The molecular formula is C16H18BrN3OS. The number of nitrogens with zero attached hydrogens (tertiary/aromatic N) is 2. The second-order valence-corrected chi connectivity index (χ2v) is 7.44. The molecule has 22 heavy (non-hydrogen) atoms. The Hall–Kier alpha value is -1.24. The molecule has 1 saturated heterocycles. The summed E-state index contributed by atoms with van der Waals surface area (Å²) in [5.41, 5.74) is 7.54. The minimum absolute atomic E-state index is 0.0471. The topological polar surface area (TPSA) is 59.2 Å². The largest absolute Gasteiger partial charge is 0.369 e. The van der Waals surface area contributed by atoms with Crippen molar-refractivity contribution in [2.45, 2.75) is 19.4 Å². The van der Waals surface area contributed by atoms with Gasteiger partial charge in [0, 0.05) is 21.3 Å². The summed E-state index contributed by atoms with van der Waals surface area (Å²) in [5, 5.41) is 3.23. The second-order valence-electron chi connectivity index (χ2n) is 5.59. The number of aromatic nitrogens is 1. The van der Waals surface area contributed by atoms with Crippen molar-refractivity contribution in [3.63, 3.8) is 0 Å². The number of likely N-dealkylation sites (tertiary alicyclic amines) is 1. The van der Waals surface area contributed by atoms with Crippen molar-refractivity contribution >= 4 is 33.2 Å². The van der Waals surface area contributed by atoms with Crippen molar-refractivity contribution in [1.29, 1.82) is 0 Å². The molecule has 0 unspecified atom stereocenters. The monoisotopic (exact) mass is 379 g/mol. The number of amides is 1. The number of hydrogen-bond acceptors (Lipinski definition) is 4. The van der Waals surface area contributed by atoms with Crippen LogP contribution in [0.3, 0.4) is 0 Å². The Balaban J connectivity index is 1.60. The molecule has 0 atom stereocenters. The Bertz CT molecular complexity index is 648. The van der Waals surface area contributed by atoms with E-state index >= 15 is 0 Å². The number of benzene rings is 1. The first-order valence-corrected chi connectivity index (χ1v) is 9.01. The average Bonchev–Trinajstić information content (AvgIpc) is 2.97. The molecule has 2 N–H and O–H groups in total. The maximum Gasteiger partial charge on any atom is 0.220 e. The van der Waals surface area contributed by atoms with E-state index in [1.165, 1.54) is 0 Å². The van der Waals surface area contributed by atoms with Crippen LogP contribution in [0, 0.1) is 5.92 Å². The Labute approximate surface area is 142 Å². The number of nitrogens with two attached hydrogens (primary N) is 1. The van der Waals surface area contributed by atoms with Gasteiger partial charge in [-0.15, -0.1) is 11.3 Å². The molecular weight excluding hydrogens is 362 g/mol. The fourth-order valence-electron chi connectivity index (χ4n) is 2.70. The van der Waals surface area contributed by atoms with Crippen molar-refractivity contribution in [3.05, 3.63) is 39.1 Å². The first-order chi connectivity index (χ1) is 10.6. The van der Waals surface area contributed by atoms with E-state index in [2.05, 4.69) is 38.3 Å². The third kappa shape index (κ3) is 3.74. The summed E-state index contributed by atoms with van der Waals surface area (Å²) < 4.78 is 1.07. The van der Waals surface area contributed by atoms with E-state index < -0.39 is 0 Å². The summed E-state index contributed by atoms with van der Waals surface area (Å²) in [6, 6.07) is 8.20. The predicted octanol–water partition coefficient (Wildman–Crippen LogP) is 3.27. The molecule has 1 aromatic heterocycles. The zero-order valence-corrected chi connectivity index (χ0v) is 14.6. The van der Waals surface area contributed by atoms with Crippen LogP contribution in [0.15, 0.2) is 34.1 Å². The quantitative estimate of drug-likeness (QED) is 0.886. The van der Waals surface area contributed by atoms with Crippen LogP contribution in [0.4, 0.5) is 0 Å². The minimum atomic E-state index is -0.161. The molecule has 4 nitrogen and oxygen atoms in total.